The molecule has 0 aliphatic rings. The van der Waals surface area contributed by atoms with Crippen molar-refractivity contribution in [2.75, 3.05) is 10.6 Å². The molecule has 0 aliphatic carbocycles. The Hall–Kier alpha value is -3.08. The average molecular weight is 362 g/mol. The first-order valence-corrected chi connectivity index (χ1v) is 9.20. The highest BCUT2D eigenvalue weighted by Crippen LogP contribution is 2.22. The van der Waals surface area contributed by atoms with Crippen molar-refractivity contribution in [3.63, 3.8) is 0 Å². The normalized spacial score (nSPS) is 11.9. The number of rotatable bonds is 7. The van der Waals surface area contributed by atoms with Gasteiger partial charge in [-0.15, -0.1) is 0 Å². The molecular weight excluding hydrogens is 336 g/mol. The number of nitrogens with zero attached hydrogens (tertiary/aromatic N) is 2. The second kappa shape index (κ2) is 8.54. The zero-order valence-electron chi connectivity index (χ0n) is 16.2. The van der Waals surface area contributed by atoms with Crippen molar-refractivity contribution >= 4 is 17.5 Å². The fraction of sp³-hybridized carbons (Fsp3) is 0.273. The third kappa shape index (κ3) is 5.45. The summed E-state index contributed by atoms with van der Waals surface area (Å²) in [5.41, 5.74) is 3.03. The van der Waals surface area contributed by atoms with Gasteiger partial charge in [0.05, 0.1) is 6.10 Å². The molecule has 0 spiro atoms. The number of anilines is 3. The number of benzene rings is 2. The van der Waals surface area contributed by atoms with Crippen LogP contribution < -0.4 is 15.4 Å². The quantitative estimate of drug-likeness (QED) is 0.582. The summed E-state index contributed by atoms with van der Waals surface area (Å²) in [6.45, 7) is 8.10. The van der Waals surface area contributed by atoms with Crippen molar-refractivity contribution in [1.82, 2.24) is 9.97 Å². The van der Waals surface area contributed by atoms with Crippen molar-refractivity contribution in [2.24, 2.45) is 0 Å². The fourth-order valence-corrected chi connectivity index (χ4v) is 2.76. The lowest BCUT2D eigenvalue weighted by molar-refractivity contribution is 0.242. The van der Waals surface area contributed by atoms with Gasteiger partial charge >= 0.3 is 0 Å². The lowest BCUT2D eigenvalue weighted by Crippen LogP contribution is -2.10. The van der Waals surface area contributed by atoms with Crippen LogP contribution in [0.4, 0.5) is 17.5 Å². The maximum Gasteiger partial charge on any atom is 0.229 e. The minimum atomic E-state index is 0.154. The smallest absolute Gasteiger partial charge is 0.229 e. The molecule has 5 heteroatoms. The number of aryl methyl sites for hydroxylation is 1. The van der Waals surface area contributed by atoms with E-state index in [0.29, 0.717) is 5.95 Å². The molecule has 1 unspecified atom stereocenters. The van der Waals surface area contributed by atoms with Crippen LogP contribution in [0.5, 0.6) is 5.75 Å². The SMILES string of the molecule is Cc1cc(NC(C)c2ccccc2)nc(Nc2ccc(OC(C)C)cc2)n1. The van der Waals surface area contributed by atoms with E-state index in [1.807, 2.05) is 69.3 Å². The summed E-state index contributed by atoms with van der Waals surface area (Å²) in [6.07, 6.45) is 0.157. The molecule has 3 rings (SSSR count). The van der Waals surface area contributed by atoms with Crippen molar-refractivity contribution in [2.45, 2.75) is 39.8 Å². The number of aromatic nitrogens is 2. The minimum Gasteiger partial charge on any atom is -0.491 e. The number of hydrogen-bond donors (Lipinski definition) is 2. The predicted molar refractivity (Wildman–Crippen MR) is 111 cm³/mol. The second-order valence-corrected chi connectivity index (χ2v) is 6.81. The van der Waals surface area contributed by atoms with E-state index in [9.17, 15) is 0 Å². The van der Waals surface area contributed by atoms with E-state index >= 15 is 0 Å². The number of ether oxygens (including phenoxy) is 1. The Kier molecular flexibility index (Phi) is 5.91. The van der Waals surface area contributed by atoms with Gasteiger partial charge in [-0.2, -0.15) is 4.98 Å². The van der Waals surface area contributed by atoms with E-state index in [-0.39, 0.29) is 12.1 Å². The molecule has 5 nitrogen and oxygen atoms in total. The first-order valence-electron chi connectivity index (χ1n) is 9.20. The summed E-state index contributed by atoms with van der Waals surface area (Å²) in [6, 6.07) is 20.2. The molecule has 2 N–H and O–H groups in total. The maximum absolute atomic E-state index is 5.67. The number of nitrogens with one attached hydrogen (secondary N) is 2. The van der Waals surface area contributed by atoms with Crippen LogP contribution in [0.1, 0.15) is 38.1 Å². The van der Waals surface area contributed by atoms with Gasteiger partial charge in [-0.05, 0) is 57.5 Å². The van der Waals surface area contributed by atoms with Gasteiger partial charge in [0, 0.05) is 23.5 Å². The van der Waals surface area contributed by atoms with E-state index in [1.165, 1.54) is 5.56 Å². The van der Waals surface area contributed by atoms with E-state index in [4.69, 9.17) is 4.74 Å². The topological polar surface area (TPSA) is 59.1 Å². The molecule has 3 aromatic rings. The summed E-state index contributed by atoms with van der Waals surface area (Å²) in [4.78, 5) is 9.09. The standard InChI is InChI=1S/C22H26N4O/c1-15(2)27-20-12-10-19(11-13-20)25-22-23-16(3)14-21(26-22)24-17(4)18-8-6-5-7-9-18/h5-15,17H,1-4H3,(H2,23,24,25,26). The van der Waals surface area contributed by atoms with Gasteiger partial charge in [-0.1, -0.05) is 30.3 Å². The van der Waals surface area contributed by atoms with E-state index in [1.54, 1.807) is 0 Å². The molecule has 1 heterocycles. The Balaban J connectivity index is 1.71. The maximum atomic E-state index is 5.67. The molecule has 1 atom stereocenters. The summed E-state index contributed by atoms with van der Waals surface area (Å²) < 4.78 is 5.67. The predicted octanol–water partition coefficient (Wildman–Crippen LogP) is 5.49. The van der Waals surface area contributed by atoms with Gasteiger partial charge in [0.2, 0.25) is 5.95 Å². The van der Waals surface area contributed by atoms with Crippen molar-refractivity contribution in [3.05, 3.63) is 71.9 Å². The van der Waals surface area contributed by atoms with E-state index < -0.39 is 0 Å². The molecule has 27 heavy (non-hydrogen) atoms. The molecule has 2 aromatic carbocycles. The summed E-state index contributed by atoms with van der Waals surface area (Å²) in [7, 11) is 0. The van der Waals surface area contributed by atoms with Crippen molar-refractivity contribution in [1.29, 1.82) is 0 Å². The van der Waals surface area contributed by atoms with Gasteiger partial charge < -0.3 is 15.4 Å². The second-order valence-electron chi connectivity index (χ2n) is 6.81. The lowest BCUT2D eigenvalue weighted by Gasteiger charge is -2.16. The molecular formula is C22H26N4O. The summed E-state index contributed by atoms with van der Waals surface area (Å²) >= 11 is 0. The number of hydrogen-bond acceptors (Lipinski definition) is 5. The average Bonchev–Trinajstić information content (AvgIpc) is 2.63. The Labute approximate surface area is 160 Å². The molecule has 0 aliphatic heterocycles. The monoisotopic (exact) mass is 362 g/mol. The van der Waals surface area contributed by atoms with Crippen LogP contribution in [0.3, 0.4) is 0 Å². The van der Waals surface area contributed by atoms with Crippen LogP contribution in [0.15, 0.2) is 60.7 Å². The van der Waals surface area contributed by atoms with E-state index in [2.05, 4.69) is 39.7 Å². The first kappa shape index (κ1) is 18.7. The highest BCUT2D eigenvalue weighted by Gasteiger charge is 2.08. The van der Waals surface area contributed by atoms with Gasteiger partial charge in [0.25, 0.3) is 0 Å². The highest BCUT2D eigenvalue weighted by atomic mass is 16.5. The van der Waals surface area contributed by atoms with Crippen LogP contribution >= 0.6 is 0 Å². The fourth-order valence-electron chi connectivity index (χ4n) is 2.76. The zero-order chi connectivity index (χ0) is 19.2. The Morgan fingerprint density at radius 2 is 1.59 bits per heavy atom. The highest BCUT2D eigenvalue weighted by molar-refractivity contribution is 5.56. The van der Waals surface area contributed by atoms with Gasteiger partial charge in [-0.3, -0.25) is 0 Å². The summed E-state index contributed by atoms with van der Waals surface area (Å²) in [5, 5.41) is 6.71. The van der Waals surface area contributed by atoms with Crippen LogP contribution in [0.25, 0.3) is 0 Å². The molecule has 0 fully saturated rings. The Morgan fingerprint density at radius 3 is 2.26 bits per heavy atom. The van der Waals surface area contributed by atoms with Crippen LogP contribution in [-0.4, -0.2) is 16.1 Å². The van der Waals surface area contributed by atoms with Gasteiger partial charge in [0.1, 0.15) is 11.6 Å². The molecule has 0 saturated heterocycles. The lowest BCUT2D eigenvalue weighted by atomic mass is 10.1. The third-order valence-corrected chi connectivity index (χ3v) is 4.00. The van der Waals surface area contributed by atoms with Gasteiger partial charge in [-0.25, -0.2) is 4.98 Å². The zero-order valence-corrected chi connectivity index (χ0v) is 16.2. The molecule has 0 bridgehead atoms. The molecule has 140 valence electrons. The minimum absolute atomic E-state index is 0.154. The Morgan fingerprint density at radius 1 is 0.889 bits per heavy atom. The molecule has 0 amide bonds. The van der Waals surface area contributed by atoms with E-state index in [0.717, 1.165) is 22.9 Å². The largest absolute Gasteiger partial charge is 0.491 e. The van der Waals surface area contributed by atoms with Crippen molar-refractivity contribution in [3.8, 4) is 5.75 Å². The summed E-state index contributed by atoms with van der Waals surface area (Å²) in [5.74, 6) is 2.20. The Bertz CT molecular complexity index is 863. The first-order chi connectivity index (χ1) is 13.0. The van der Waals surface area contributed by atoms with Crippen LogP contribution in [0, 0.1) is 6.92 Å². The molecule has 0 radical (unpaired) electrons. The van der Waals surface area contributed by atoms with Crippen LogP contribution in [0.2, 0.25) is 0 Å². The third-order valence-electron chi connectivity index (χ3n) is 4.00. The molecule has 0 saturated carbocycles. The van der Waals surface area contributed by atoms with Crippen LogP contribution in [-0.2, 0) is 0 Å². The van der Waals surface area contributed by atoms with Crippen molar-refractivity contribution < 1.29 is 4.74 Å². The van der Waals surface area contributed by atoms with Gasteiger partial charge in [0.15, 0.2) is 0 Å². The molecule has 1 aromatic heterocycles.